The maximum atomic E-state index is 12.0. The van der Waals surface area contributed by atoms with E-state index in [4.69, 9.17) is 0 Å². The third-order valence-electron chi connectivity index (χ3n) is 4.05. The van der Waals surface area contributed by atoms with Crippen LogP contribution < -0.4 is 5.32 Å². The van der Waals surface area contributed by atoms with E-state index in [1.165, 1.54) is 11.1 Å². The lowest BCUT2D eigenvalue weighted by molar-refractivity contribution is -0.121. The molecule has 3 heteroatoms. The van der Waals surface area contributed by atoms with E-state index in [1.807, 2.05) is 24.3 Å². The molecular weight excluding hydrogens is 286 g/mol. The number of aliphatic hydroxyl groups is 1. The first-order chi connectivity index (χ1) is 11.1. The largest absolute Gasteiger partial charge is 0.392 e. The zero-order valence-corrected chi connectivity index (χ0v) is 13.9. The maximum absolute atomic E-state index is 12.0. The number of carbonyl (C=O) groups is 1. The molecule has 0 heterocycles. The van der Waals surface area contributed by atoms with Crippen molar-refractivity contribution in [2.45, 2.75) is 45.8 Å². The molecule has 0 aliphatic heterocycles. The molecule has 0 unspecified atom stereocenters. The SMILES string of the molecule is CC(C)c1ccc(CCC(=O)NCc2ccccc2CO)cc1. The lowest BCUT2D eigenvalue weighted by Gasteiger charge is -2.09. The van der Waals surface area contributed by atoms with E-state index in [2.05, 4.69) is 43.4 Å². The van der Waals surface area contributed by atoms with Gasteiger partial charge in [0.1, 0.15) is 0 Å². The molecule has 0 saturated heterocycles. The second-order valence-corrected chi connectivity index (χ2v) is 6.10. The van der Waals surface area contributed by atoms with Gasteiger partial charge in [-0.15, -0.1) is 0 Å². The van der Waals surface area contributed by atoms with Crippen LogP contribution in [0.2, 0.25) is 0 Å². The molecule has 0 fully saturated rings. The molecule has 0 saturated carbocycles. The van der Waals surface area contributed by atoms with E-state index in [-0.39, 0.29) is 12.5 Å². The van der Waals surface area contributed by atoms with Gasteiger partial charge in [-0.3, -0.25) is 4.79 Å². The highest BCUT2D eigenvalue weighted by molar-refractivity contribution is 5.76. The third-order valence-corrected chi connectivity index (χ3v) is 4.05. The first kappa shape index (κ1) is 17.2. The highest BCUT2D eigenvalue weighted by Crippen LogP contribution is 2.15. The number of hydrogen-bond donors (Lipinski definition) is 2. The van der Waals surface area contributed by atoms with Crippen molar-refractivity contribution in [1.82, 2.24) is 5.32 Å². The predicted molar refractivity (Wildman–Crippen MR) is 93.1 cm³/mol. The van der Waals surface area contributed by atoms with Crippen LogP contribution in [-0.2, 0) is 24.4 Å². The Morgan fingerprint density at radius 2 is 1.70 bits per heavy atom. The molecule has 2 aromatic rings. The number of aliphatic hydroxyl groups excluding tert-OH is 1. The molecule has 0 bridgehead atoms. The quantitative estimate of drug-likeness (QED) is 0.821. The van der Waals surface area contributed by atoms with Crippen LogP contribution in [0.25, 0.3) is 0 Å². The monoisotopic (exact) mass is 311 g/mol. The van der Waals surface area contributed by atoms with Crippen LogP contribution in [0.1, 0.15) is 48.4 Å². The number of aryl methyl sites for hydroxylation is 1. The highest BCUT2D eigenvalue weighted by atomic mass is 16.3. The molecule has 2 N–H and O–H groups in total. The molecule has 0 aliphatic rings. The van der Waals surface area contributed by atoms with Crippen LogP contribution in [0, 0.1) is 0 Å². The van der Waals surface area contributed by atoms with Crippen molar-refractivity contribution >= 4 is 5.91 Å². The Morgan fingerprint density at radius 1 is 1.04 bits per heavy atom. The summed E-state index contributed by atoms with van der Waals surface area (Å²) >= 11 is 0. The van der Waals surface area contributed by atoms with Crippen LogP contribution in [-0.4, -0.2) is 11.0 Å². The third kappa shape index (κ3) is 5.22. The van der Waals surface area contributed by atoms with Gasteiger partial charge in [-0.1, -0.05) is 62.4 Å². The molecule has 122 valence electrons. The highest BCUT2D eigenvalue weighted by Gasteiger charge is 2.05. The van der Waals surface area contributed by atoms with Gasteiger partial charge in [0, 0.05) is 13.0 Å². The van der Waals surface area contributed by atoms with Gasteiger partial charge in [0.15, 0.2) is 0 Å². The second kappa shape index (κ2) is 8.49. The van der Waals surface area contributed by atoms with Crippen molar-refractivity contribution in [3.8, 4) is 0 Å². The first-order valence-corrected chi connectivity index (χ1v) is 8.13. The van der Waals surface area contributed by atoms with Crippen LogP contribution in [0.5, 0.6) is 0 Å². The molecule has 0 spiro atoms. The molecule has 3 nitrogen and oxygen atoms in total. The van der Waals surface area contributed by atoms with Gasteiger partial charge in [-0.2, -0.15) is 0 Å². The molecule has 0 atom stereocenters. The zero-order chi connectivity index (χ0) is 16.7. The fourth-order valence-electron chi connectivity index (χ4n) is 2.49. The van der Waals surface area contributed by atoms with Crippen molar-refractivity contribution in [2.24, 2.45) is 0 Å². The topological polar surface area (TPSA) is 49.3 Å². The summed E-state index contributed by atoms with van der Waals surface area (Å²) in [5.41, 5.74) is 4.32. The minimum absolute atomic E-state index is 0.00571. The standard InChI is InChI=1S/C20H25NO2/c1-15(2)17-10-7-16(8-11-17)9-12-20(23)21-13-18-5-3-4-6-19(18)14-22/h3-8,10-11,15,22H,9,12-14H2,1-2H3,(H,21,23). The summed E-state index contributed by atoms with van der Waals surface area (Å²) < 4.78 is 0. The van der Waals surface area contributed by atoms with E-state index in [0.29, 0.717) is 18.9 Å². The Bertz CT molecular complexity index is 632. The molecule has 1 amide bonds. The lowest BCUT2D eigenvalue weighted by Crippen LogP contribution is -2.23. The van der Waals surface area contributed by atoms with Crippen molar-refractivity contribution in [2.75, 3.05) is 0 Å². The summed E-state index contributed by atoms with van der Waals surface area (Å²) in [5, 5.41) is 12.2. The van der Waals surface area contributed by atoms with E-state index in [9.17, 15) is 9.90 Å². The number of carbonyl (C=O) groups excluding carboxylic acids is 1. The molecule has 2 aromatic carbocycles. The predicted octanol–water partition coefficient (Wildman–Crippen LogP) is 3.55. The van der Waals surface area contributed by atoms with Gasteiger partial charge in [0.2, 0.25) is 5.91 Å². The number of amides is 1. The summed E-state index contributed by atoms with van der Waals surface area (Å²) in [6.45, 7) is 4.80. The van der Waals surface area contributed by atoms with Gasteiger partial charge in [-0.05, 0) is 34.6 Å². The number of rotatable bonds is 7. The van der Waals surface area contributed by atoms with Crippen LogP contribution in [0.4, 0.5) is 0 Å². The Morgan fingerprint density at radius 3 is 2.30 bits per heavy atom. The minimum atomic E-state index is -0.00571. The molecule has 0 radical (unpaired) electrons. The molecule has 0 aliphatic carbocycles. The summed E-state index contributed by atoms with van der Waals surface area (Å²) in [6, 6.07) is 16.1. The Hall–Kier alpha value is -2.13. The van der Waals surface area contributed by atoms with Gasteiger partial charge in [0.25, 0.3) is 0 Å². The Balaban J connectivity index is 1.81. The van der Waals surface area contributed by atoms with Crippen molar-refractivity contribution in [1.29, 1.82) is 0 Å². The molecule has 2 rings (SSSR count). The molecule has 23 heavy (non-hydrogen) atoms. The Kier molecular flexibility index (Phi) is 6.36. The van der Waals surface area contributed by atoms with Gasteiger partial charge < -0.3 is 10.4 Å². The van der Waals surface area contributed by atoms with E-state index < -0.39 is 0 Å². The van der Waals surface area contributed by atoms with Crippen molar-refractivity contribution in [3.05, 3.63) is 70.8 Å². The van der Waals surface area contributed by atoms with Crippen LogP contribution in [0.15, 0.2) is 48.5 Å². The van der Waals surface area contributed by atoms with Gasteiger partial charge >= 0.3 is 0 Å². The second-order valence-electron chi connectivity index (χ2n) is 6.10. The van der Waals surface area contributed by atoms with E-state index in [1.54, 1.807) is 0 Å². The van der Waals surface area contributed by atoms with E-state index >= 15 is 0 Å². The fraction of sp³-hybridized carbons (Fsp3) is 0.350. The van der Waals surface area contributed by atoms with Gasteiger partial charge in [-0.25, -0.2) is 0 Å². The first-order valence-electron chi connectivity index (χ1n) is 8.13. The average Bonchev–Trinajstić information content (AvgIpc) is 2.58. The smallest absolute Gasteiger partial charge is 0.220 e. The summed E-state index contributed by atoms with van der Waals surface area (Å²) in [4.78, 5) is 12.0. The normalized spacial score (nSPS) is 10.8. The fourth-order valence-corrected chi connectivity index (χ4v) is 2.49. The Labute approximate surface area is 138 Å². The van der Waals surface area contributed by atoms with Crippen molar-refractivity contribution in [3.63, 3.8) is 0 Å². The zero-order valence-electron chi connectivity index (χ0n) is 13.9. The minimum Gasteiger partial charge on any atom is -0.392 e. The van der Waals surface area contributed by atoms with E-state index in [0.717, 1.165) is 17.5 Å². The number of nitrogens with one attached hydrogen (secondary N) is 1. The number of hydrogen-bond acceptors (Lipinski definition) is 2. The molecular formula is C20H25NO2. The van der Waals surface area contributed by atoms with Gasteiger partial charge in [0.05, 0.1) is 6.61 Å². The van der Waals surface area contributed by atoms with Crippen LogP contribution >= 0.6 is 0 Å². The summed E-state index contributed by atoms with van der Waals surface area (Å²) in [6.07, 6.45) is 1.22. The average molecular weight is 311 g/mol. The lowest BCUT2D eigenvalue weighted by atomic mass is 10.0. The van der Waals surface area contributed by atoms with Crippen LogP contribution in [0.3, 0.4) is 0 Å². The molecule has 0 aromatic heterocycles. The number of benzene rings is 2. The summed E-state index contributed by atoms with van der Waals surface area (Å²) in [7, 11) is 0. The summed E-state index contributed by atoms with van der Waals surface area (Å²) in [5.74, 6) is 0.560. The maximum Gasteiger partial charge on any atom is 0.220 e. The van der Waals surface area contributed by atoms with Crippen molar-refractivity contribution < 1.29 is 9.90 Å².